The summed E-state index contributed by atoms with van der Waals surface area (Å²) in [7, 11) is 0. The fraction of sp³-hybridized carbons (Fsp3) is 0.800. The topological polar surface area (TPSA) is 149 Å². The quantitative estimate of drug-likeness (QED) is 0.0278. The number of hydrogen-bond acceptors (Lipinski definition) is 8. The van der Waals surface area contributed by atoms with Gasteiger partial charge in [-0.05, 0) is 70.6 Å². The predicted molar refractivity (Wildman–Crippen MR) is 221 cm³/mol. The smallest absolute Gasteiger partial charge is 0.220 e. The van der Waals surface area contributed by atoms with Gasteiger partial charge in [-0.15, -0.1) is 0 Å². The Labute approximate surface area is 329 Å². The number of rotatable bonds is 35. The Kier molecular flexibility index (Phi) is 33.0. The standard InChI is InChI=1S/C45H81NO8/c1-3-5-7-9-11-13-15-17-19-21-23-25-27-29-31-33-35-41(49)46-38(37-53-45-44(52)43(51)42(50)40(36-47)54-45)39(48)34-32-30-28-26-24-22-20-18-16-14-12-10-8-6-4-2/h16,18-19,21,24,26,32,34,38-40,42-45,47-48,50-52H,3-15,17,20,22-23,25,27-31,33,35-37H2,1-2H3,(H,46,49)/b18-16+,21-19-,26-24+,34-32+. The SMILES string of the molecule is CCCCCCC/C=C/CC/C=C/CC/C=C/C(O)C(COC1OC(CO)C(O)C(O)C1O)NC(=O)CCCCCCC/C=C\CCCCCCCCC. The average Bonchev–Trinajstić information content (AvgIpc) is 3.17. The molecule has 1 fully saturated rings. The molecule has 6 N–H and O–H groups in total. The Hall–Kier alpha value is -1.85. The first-order valence-corrected chi connectivity index (χ1v) is 21.9. The Balaban J connectivity index is 2.44. The lowest BCUT2D eigenvalue weighted by atomic mass is 9.99. The highest BCUT2D eigenvalue weighted by Gasteiger charge is 2.44. The number of carbonyl (C=O) groups excluding carboxylic acids is 1. The van der Waals surface area contributed by atoms with Crippen LogP contribution in [0.4, 0.5) is 0 Å². The summed E-state index contributed by atoms with van der Waals surface area (Å²) in [5, 5.41) is 54.0. The van der Waals surface area contributed by atoms with E-state index in [0.29, 0.717) is 6.42 Å². The van der Waals surface area contributed by atoms with Gasteiger partial charge in [0.05, 0.1) is 25.4 Å². The number of nitrogens with one attached hydrogen (secondary N) is 1. The van der Waals surface area contributed by atoms with Crippen molar-refractivity contribution >= 4 is 5.91 Å². The van der Waals surface area contributed by atoms with Crippen molar-refractivity contribution in [3.05, 3.63) is 48.6 Å². The van der Waals surface area contributed by atoms with E-state index in [0.717, 1.165) is 70.6 Å². The normalized spacial score (nSPS) is 21.9. The molecular weight excluding hydrogens is 682 g/mol. The van der Waals surface area contributed by atoms with Crippen LogP contribution >= 0.6 is 0 Å². The number of carbonyl (C=O) groups is 1. The summed E-state index contributed by atoms with van der Waals surface area (Å²) in [6.45, 7) is 3.71. The van der Waals surface area contributed by atoms with E-state index < -0.39 is 49.5 Å². The van der Waals surface area contributed by atoms with Crippen LogP contribution in [0.25, 0.3) is 0 Å². The number of hydrogen-bond donors (Lipinski definition) is 6. The van der Waals surface area contributed by atoms with Crippen LogP contribution in [0.5, 0.6) is 0 Å². The van der Waals surface area contributed by atoms with Gasteiger partial charge in [-0.2, -0.15) is 0 Å². The van der Waals surface area contributed by atoms with Gasteiger partial charge in [0.2, 0.25) is 5.91 Å². The van der Waals surface area contributed by atoms with Gasteiger partial charge in [0.1, 0.15) is 24.4 Å². The lowest BCUT2D eigenvalue weighted by molar-refractivity contribution is -0.302. The lowest BCUT2D eigenvalue weighted by Gasteiger charge is -2.40. The van der Waals surface area contributed by atoms with Crippen molar-refractivity contribution in [1.82, 2.24) is 5.32 Å². The first kappa shape index (κ1) is 50.2. The molecule has 0 bridgehead atoms. The van der Waals surface area contributed by atoms with Crippen molar-refractivity contribution in [2.75, 3.05) is 13.2 Å². The minimum atomic E-state index is -1.57. The molecule has 1 rings (SSSR count). The Morgan fingerprint density at radius 2 is 1.06 bits per heavy atom. The summed E-state index contributed by atoms with van der Waals surface area (Å²) in [6.07, 6.45) is 37.2. The van der Waals surface area contributed by atoms with Crippen molar-refractivity contribution in [1.29, 1.82) is 0 Å². The van der Waals surface area contributed by atoms with Gasteiger partial charge in [-0.1, -0.05) is 146 Å². The highest BCUT2D eigenvalue weighted by atomic mass is 16.7. The van der Waals surface area contributed by atoms with Crippen LogP contribution in [-0.4, -0.2) is 87.5 Å². The van der Waals surface area contributed by atoms with Gasteiger partial charge in [0, 0.05) is 6.42 Å². The fourth-order valence-electron chi connectivity index (χ4n) is 6.53. The number of allylic oxidation sites excluding steroid dienone is 7. The third-order valence-electron chi connectivity index (χ3n) is 10.1. The summed E-state index contributed by atoms with van der Waals surface area (Å²) in [5.74, 6) is -0.202. The van der Waals surface area contributed by atoms with Crippen molar-refractivity contribution in [3.63, 3.8) is 0 Å². The molecule has 9 nitrogen and oxygen atoms in total. The molecule has 1 aliphatic rings. The molecule has 1 amide bonds. The van der Waals surface area contributed by atoms with Gasteiger partial charge in [0.25, 0.3) is 0 Å². The molecule has 314 valence electrons. The van der Waals surface area contributed by atoms with Crippen molar-refractivity contribution in [2.24, 2.45) is 0 Å². The molecule has 9 heteroatoms. The minimum Gasteiger partial charge on any atom is -0.394 e. The van der Waals surface area contributed by atoms with Gasteiger partial charge in [0.15, 0.2) is 6.29 Å². The Bertz CT molecular complexity index is 983. The molecule has 7 unspecified atom stereocenters. The van der Waals surface area contributed by atoms with Crippen LogP contribution in [0.2, 0.25) is 0 Å². The number of aliphatic hydroxyl groups is 5. The van der Waals surface area contributed by atoms with E-state index in [9.17, 15) is 30.3 Å². The van der Waals surface area contributed by atoms with E-state index in [4.69, 9.17) is 9.47 Å². The van der Waals surface area contributed by atoms with Crippen LogP contribution in [0.3, 0.4) is 0 Å². The first-order chi connectivity index (χ1) is 26.3. The summed E-state index contributed by atoms with van der Waals surface area (Å²) < 4.78 is 11.2. The molecule has 0 spiro atoms. The molecule has 1 saturated heterocycles. The number of amides is 1. The van der Waals surface area contributed by atoms with E-state index in [1.54, 1.807) is 6.08 Å². The molecule has 1 aliphatic heterocycles. The second kappa shape index (κ2) is 35.6. The maximum absolute atomic E-state index is 12.9. The third-order valence-corrected chi connectivity index (χ3v) is 10.1. The largest absolute Gasteiger partial charge is 0.394 e. The molecule has 0 radical (unpaired) electrons. The van der Waals surface area contributed by atoms with Crippen LogP contribution in [-0.2, 0) is 14.3 Å². The number of ether oxygens (including phenoxy) is 2. The zero-order valence-electron chi connectivity index (χ0n) is 34.2. The number of unbranched alkanes of at least 4 members (excludes halogenated alkanes) is 19. The molecule has 0 aromatic heterocycles. The molecule has 0 aliphatic carbocycles. The van der Waals surface area contributed by atoms with Gasteiger partial charge < -0.3 is 40.3 Å². The summed E-state index contributed by atoms with van der Waals surface area (Å²) in [6, 6.07) is -0.831. The second-order valence-electron chi connectivity index (χ2n) is 15.1. The fourth-order valence-corrected chi connectivity index (χ4v) is 6.53. The van der Waals surface area contributed by atoms with Gasteiger partial charge >= 0.3 is 0 Å². The average molecular weight is 764 g/mol. The molecule has 0 aromatic carbocycles. The first-order valence-electron chi connectivity index (χ1n) is 21.9. The third kappa shape index (κ3) is 26.1. The summed E-state index contributed by atoms with van der Waals surface area (Å²) >= 11 is 0. The van der Waals surface area contributed by atoms with E-state index in [1.807, 2.05) is 6.08 Å². The lowest BCUT2D eigenvalue weighted by Crippen LogP contribution is -2.60. The maximum Gasteiger partial charge on any atom is 0.220 e. The van der Waals surface area contributed by atoms with Crippen LogP contribution in [0.15, 0.2) is 48.6 Å². The number of aliphatic hydroxyl groups excluding tert-OH is 5. The monoisotopic (exact) mass is 764 g/mol. The maximum atomic E-state index is 12.9. The molecule has 54 heavy (non-hydrogen) atoms. The molecule has 1 heterocycles. The highest BCUT2D eigenvalue weighted by Crippen LogP contribution is 2.22. The highest BCUT2D eigenvalue weighted by molar-refractivity contribution is 5.76. The van der Waals surface area contributed by atoms with E-state index >= 15 is 0 Å². The summed E-state index contributed by atoms with van der Waals surface area (Å²) in [4.78, 5) is 12.9. The zero-order chi connectivity index (χ0) is 39.5. The van der Waals surface area contributed by atoms with E-state index in [2.05, 4.69) is 55.6 Å². The van der Waals surface area contributed by atoms with Crippen molar-refractivity contribution in [3.8, 4) is 0 Å². The van der Waals surface area contributed by atoms with Crippen LogP contribution < -0.4 is 5.32 Å². The summed E-state index contributed by atoms with van der Waals surface area (Å²) in [5.41, 5.74) is 0. The second-order valence-corrected chi connectivity index (χ2v) is 15.1. The van der Waals surface area contributed by atoms with E-state index in [1.165, 1.54) is 83.5 Å². The van der Waals surface area contributed by atoms with Crippen LogP contribution in [0, 0.1) is 0 Å². The van der Waals surface area contributed by atoms with Gasteiger partial charge in [-0.25, -0.2) is 0 Å². The van der Waals surface area contributed by atoms with Crippen molar-refractivity contribution < 1.29 is 39.8 Å². The Morgan fingerprint density at radius 3 is 1.56 bits per heavy atom. The van der Waals surface area contributed by atoms with Crippen molar-refractivity contribution in [2.45, 2.75) is 217 Å². The zero-order valence-corrected chi connectivity index (χ0v) is 34.2. The van der Waals surface area contributed by atoms with E-state index in [-0.39, 0.29) is 12.5 Å². The van der Waals surface area contributed by atoms with Gasteiger partial charge in [-0.3, -0.25) is 4.79 Å². The molecule has 0 aromatic rings. The molecule has 7 atom stereocenters. The predicted octanol–water partition coefficient (Wildman–Crippen LogP) is 8.67. The minimum absolute atomic E-state index is 0.202. The Morgan fingerprint density at radius 1 is 0.611 bits per heavy atom. The molecular formula is C45H81NO8. The van der Waals surface area contributed by atoms with Crippen LogP contribution in [0.1, 0.15) is 174 Å². The molecule has 0 saturated carbocycles.